The molecule has 1 fully saturated rings. The van der Waals surface area contributed by atoms with E-state index in [9.17, 15) is 4.39 Å². The summed E-state index contributed by atoms with van der Waals surface area (Å²) in [7, 11) is 0. The van der Waals surface area contributed by atoms with Gasteiger partial charge in [0, 0.05) is 29.7 Å². The van der Waals surface area contributed by atoms with Gasteiger partial charge in [-0.1, -0.05) is 22.0 Å². The molecule has 0 spiro atoms. The van der Waals surface area contributed by atoms with Gasteiger partial charge in [0.25, 0.3) is 0 Å². The Labute approximate surface area is 128 Å². The zero-order valence-corrected chi connectivity index (χ0v) is 13.4. The molecule has 2 N–H and O–H groups in total. The van der Waals surface area contributed by atoms with Crippen molar-refractivity contribution in [1.82, 2.24) is 4.90 Å². The van der Waals surface area contributed by atoms with Gasteiger partial charge in [0.2, 0.25) is 0 Å². The summed E-state index contributed by atoms with van der Waals surface area (Å²) in [6, 6.07) is 5.11. The first-order chi connectivity index (χ1) is 9.65. The van der Waals surface area contributed by atoms with Gasteiger partial charge in [-0.2, -0.15) is 0 Å². The van der Waals surface area contributed by atoms with Crippen molar-refractivity contribution in [2.24, 2.45) is 5.73 Å². The summed E-state index contributed by atoms with van der Waals surface area (Å²) < 4.78 is 20.6. The second kappa shape index (κ2) is 7.50. The van der Waals surface area contributed by atoms with Crippen LogP contribution in [-0.4, -0.2) is 37.2 Å². The van der Waals surface area contributed by atoms with Gasteiger partial charge in [-0.25, -0.2) is 4.39 Å². The molecule has 0 aliphatic carbocycles. The number of likely N-dealkylation sites (tertiary alicyclic amines) is 1. The summed E-state index contributed by atoms with van der Waals surface area (Å²) in [5.41, 5.74) is 6.58. The average Bonchev–Trinajstić information content (AvgIpc) is 2.43. The van der Waals surface area contributed by atoms with Crippen LogP contribution >= 0.6 is 15.9 Å². The molecule has 0 radical (unpaired) electrons. The number of nitrogens with zero attached hydrogens (tertiary/aromatic N) is 1. The number of halogens is 2. The molecule has 112 valence electrons. The molecular weight excluding hydrogens is 323 g/mol. The Balaban J connectivity index is 2.14. The van der Waals surface area contributed by atoms with E-state index in [1.165, 1.54) is 6.07 Å². The lowest BCUT2D eigenvalue weighted by Crippen LogP contribution is -2.44. The Bertz CT molecular complexity index is 442. The van der Waals surface area contributed by atoms with Crippen molar-refractivity contribution in [1.29, 1.82) is 0 Å². The van der Waals surface area contributed by atoms with E-state index in [0.717, 1.165) is 37.0 Å². The summed E-state index contributed by atoms with van der Waals surface area (Å²) in [6.07, 6.45) is 2.38. The van der Waals surface area contributed by atoms with Gasteiger partial charge in [0.1, 0.15) is 5.82 Å². The van der Waals surface area contributed by atoms with Crippen molar-refractivity contribution >= 4 is 15.9 Å². The molecule has 0 bridgehead atoms. The molecule has 0 aromatic heterocycles. The van der Waals surface area contributed by atoms with Gasteiger partial charge in [0.05, 0.1) is 12.1 Å². The van der Waals surface area contributed by atoms with Crippen LogP contribution in [0.2, 0.25) is 0 Å². The fourth-order valence-corrected chi connectivity index (χ4v) is 3.20. The van der Waals surface area contributed by atoms with Crippen molar-refractivity contribution in [3.8, 4) is 0 Å². The molecule has 2 rings (SSSR count). The Morgan fingerprint density at radius 3 is 3.00 bits per heavy atom. The lowest BCUT2D eigenvalue weighted by molar-refractivity contribution is -0.00702. The van der Waals surface area contributed by atoms with Crippen LogP contribution in [0.25, 0.3) is 0 Å². The number of piperidine rings is 1. The van der Waals surface area contributed by atoms with Crippen LogP contribution < -0.4 is 5.73 Å². The van der Waals surface area contributed by atoms with E-state index in [4.69, 9.17) is 10.5 Å². The average molecular weight is 345 g/mol. The van der Waals surface area contributed by atoms with E-state index in [1.54, 1.807) is 0 Å². The van der Waals surface area contributed by atoms with Crippen LogP contribution in [-0.2, 0) is 4.74 Å². The fraction of sp³-hybridized carbons (Fsp3) is 0.600. The minimum absolute atomic E-state index is 0.0774. The predicted molar refractivity (Wildman–Crippen MR) is 82.1 cm³/mol. The third-order valence-corrected chi connectivity index (χ3v) is 4.29. The predicted octanol–water partition coefficient (Wildman–Crippen LogP) is 3.09. The van der Waals surface area contributed by atoms with Gasteiger partial charge in [-0.3, -0.25) is 4.90 Å². The molecule has 1 aliphatic heterocycles. The van der Waals surface area contributed by atoms with Gasteiger partial charge in [-0.15, -0.1) is 0 Å². The lowest BCUT2D eigenvalue weighted by Gasteiger charge is -2.38. The van der Waals surface area contributed by atoms with Gasteiger partial charge >= 0.3 is 0 Å². The number of nitrogens with two attached hydrogens (primary N) is 1. The maximum absolute atomic E-state index is 14.1. The normalized spacial score (nSPS) is 21.9. The molecule has 1 aliphatic rings. The third-order valence-electron chi connectivity index (χ3n) is 3.80. The van der Waals surface area contributed by atoms with Crippen molar-refractivity contribution in [3.05, 3.63) is 34.1 Å². The quantitative estimate of drug-likeness (QED) is 0.891. The Hall–Kier alpha value is -0.490. The molecule has 2 atom stereocenters. The third kappa shape index (κ3) is 3.79. The van der Waals surface area contributed by atoms with Crippen LogP contribution in [0.4, 0.5) is 4.39 Å². The molecule has 1 saturated heterocycles. The van der Waals surface area contributed by atoms with E-state index in [0.29, 0.717) is 12.1 Å². The first-order valence-electron chi connectivity index (χ1n) is 7.16. The molecule has 0 saturated carbocycles. The van der Waals surface area contributed by atoms with E-state index < -0.39 is 0 Å². The number of rotatable bonds is 5. The highest BCUT2D eigenvalue weighted by atomic mass is 79.9. The van der Waals surface area contributed by atoms with Crippen molar-refractivity contribution in [2.75, 3.05) is 26.2 Å². The minimum Gasteiger partial charge on any atom is -0.377 e. The van der Waals surface area contributed by atoms with E-state index in [1.807, 2.05) is 19.1 Å². The topological polar surface area (TPSA) is 38.5 Å². The number of ether oxygens (including phenoxy) is 1. The molecule has 3 nitrogen and oxygen atoms in total. The maximum Gasteiger partial charge on any atom is 0.129 e. The highest BCUT2D eigenvalue weighted by molar-refractivity contribution is 9.10. The summed E-state index contributed by atoms with van der Waals surface area (Å²) in [4.78, 5) is 2.25. The van der Waals surface area contributed by atoms with E-state index in [2.05, 4.69) is 20.8 Å². The summed E-state index contributed by atoms with van der Waals surface area (Å²) in [5, 5.41) is 0. The molecular formula is C15H22BrFN2O. The molecule has 2 unspecified atom stereocenters. The number of hydrogen-bond acceptors (Lipinski definition) is 3. The maximum atomic E-state index is 14.1. The van der Waals surface area contributed by atoms with Crippen molar-refractivity contribution < 1.29 is 9.13 Å². The summed E-state index contributed by atoms with van der Waals surface area (Å²) >= 11 is 3.29. The minimum atomic E-state index is -0.201. The summed E-state index contributed by atoms with van der Waals surface area (Å²) in [6.45, 7) is 4.91. The fourth-order valence-electron chi connectivity index (χ4n) is 2.87. The molecule has 0 amide bonds. The van der Waals surface area contributed by atoms with Gasteiger partial charge in [0.15, 0.2) is 0 Å². The van der Waals surface area contributed by atoms with Crippen molar-refractivity contribution in [3.63, 3.8) is 0 Å². The second-order valence-corrected chi connectivity index (χ2v) is 6.05. The lowest BCUT2D eigenvalue weighted by atomic mass is 10.00. The van der Waals surface area contributed by atoms with E-state index >= 15 is 0 Å². The van der Waals surface area contributed by atoms with Crippen LogP contribution in [0.1, 0.15) is 31.4 Å². The largest absolute Gasteiger partial charge is 0.377 e. The van der Waals surface area contributed by atoms with Gasteiger partial charge < -0.3 is 10.5 Å². The standard InChI is InChI=1S/C15H22BrFN2O/c1-2-20-12-4-3-7-19(10-12)15(9-18)13-6-5-11(16)8-14(13)17/h5-6,8,12,15H,2-4,7,9-10,18H2,1H3. The first-order valence-corrected chi connectivity index (χ1v) is 7.95. The first kappa shape index (κ1) is 15.9. The second-order valence-electron chi connectivity index (χ2n) is 5.13. The molecule has 1 aromatic carbocycles. The van der Waals surface area contributed by atoms with Gasteiger partial charge in [-0.05, 0) is 38.4 Å². The monoisotopic (exact) mass is 344 g/mol. The van der Waals surface area contributed by atoms with Crippen LogP contribution in [0.3, 0.4) is 0 Å². The highest BCUT2D eigenvalue weighted by Gasteiger charge is 2.27. The van der Waals surface area contributed by atoms with Crippen LogP contribution in [0.5, 0.6) is 0 Å². The number of benzene rings is 1. The number of hydrogen-bond donors (Lipinski definition) is 1. The molecule has 1 aromatic rings. The SMILES string of the molecule is CCOC1CCCN(C(CN)c2ccc(Br)cc2F)C1. The van der Waals surface area contributed by atoms with Crippen LogP contribution in [0.15, 0.2) is 22.7 Å². The highest BCUT2D eigenvalue weighted by Crippen LogP contribution is 2.28. The Morgan fingerprint density at radius 2 is 2.35 bits per heavy atom. The Morgan fingerprint density at radius 1 is 1.55 bits per heavy atom. The molecule has 5 heteroatoms. The van der Waals surface area contributed by atoms with E-state index in [-0.39, 0.29) is 18.0 Å². The summed E-state index contributed by atoms with van der Waals surface area (Å²) in [5.74, 6) is -0.201. The van der Waals surface area contributed by atoms with Crippen LogP contribution in [0, 0.1) is 5.82 Å². The zero-order chi connectivity index (χ0) is 14.5. The molecule has 20 heavy (non-hydrogen) atoms. The molecule has 1 heterocycles. The smallest absolute Gasteiger partial charge is 0.129 e. The zero-order valence-electron chi connectivity index (χ0n) is 11.8. The van der Waals surface area contributed by atoms with Crippen molar-refractivity contribution in [2.45, 2.75) is 31.9 Å². The Kier molecular flexibility index (Phi) is 5.96.